The molecule has 3 heteroatoms. The van der Waals surface area contributed by atoms with Gasteiger partial charge in [0.05, 0.1) is 0 Å². The maximum Gasteiger partial charge on any atom is 0.220 e. The van der Waals surface area contributed by atoms with Crippen LogP contribution in [0, 0.1) is 5.92 Å². The minimum Gasteiger partial charge on any atom is -0.399 e. The molecule has 1 aromatic rings. The number of anilines is 1. The Morgan fingerprint density at radius 2 is 2.00 bits per heavy atom. The summed E-state index contributed by atoms with van der Waals surface area (Å²) in [5, 5.41) is 3.19. The van der Waals surface area contributed by atoms with Gasteiger partial charge in [-0.05, 0) is 49.8 Å². The summed E-state index contributed by atoms with van der Waals surface area (Å²) in [4.78, 5) is 12.1. The van der Waals surface area contributed by atoms with E-state index in [1.165, 1.54) is 38.5 Å². The van der Waals surface area contributed by atoms with Gasteiger partial charge >= 0.3 is 0 Å². The fourth-order valence-electron chi connectivity index (χ4n) is 3.26. The first-order valence-corrected chi connectivity index (χ1v) is 8.29. The molecular weight excluding hydrogens is 260 g/mol. The van der Waals surface area contributed by atoms with Crippen molar-refractivity contribution in [2.24, 2.45) is 5.92 Å². The van der Waals surface area contributed by atoms with Crippen LogP contribution in [0.2, 0.25) is 0 Å². The minimum atomic E-state index is 0.161. The van der Waals surface area contributed by atoms with Gasteiger partial charge in [-0.25, -0.2) is 0 Å². The summed E-state index contributed by atoms with van der Waals surface area (Å²) >= 11 is 0. The number of amides is 1. The number of benzene rings is 1. The fraction of sp³-hybridized carbons (Fsp3) is 0.611. The molecule has 1 atom stereocenters. The molecule has 1 fully saturated rings. The Bertz CT molecular complexity index is 450. The molecule has 0 unspecified atom stereocenters. The maximum absolute atomic E-state index is 12.1. The van der Waals surface area contributed by atoms with Crippen molar-refractivity contribution in [3.05, 3.63) is 29.8 Å². The van der Waals surface area contributed by atoms with Crippen molar-refractivity contribution in [2.75, 3.05) is 5.73 Å². The van der Waals surface area contributed by atoms with Gasteiger partial charge in [0.15, 0.2) is 0 Å². The van der Waals surface area contributed by atoms with Gasteiger partial charge in [0, 0.05) is 18.2 Å². The van der Waals surface area contributed by atoms with E-state index in [9.17, 15) is 4.79 Å². The SMILES string of the molecule is C[C@H](NC(=O)CCc1cccc(N)c1)C1CCCCCC1. The highest BCUT2D eigenvalue weighted by Crippen LogP contribution is 2.25. The van der Waals surface area contributed by atoms with E-state index in [-0.39, 0.29) is 5.91 Å². The molecule has 0 heterocycles. The lowest BCUT2D eigenvalue weighted by atomic mass is 9.93. The van der Waals surface area contributed by atoms with Crippen molar-refractivity contribution in [3.8, 4) is 0 Å². The Kier molecular flexibility index (Phi) is 6.09. The van der Waals surface area contributed by atoms with Crippen molar-refractivity contribution < 1.29 is 4.79 Å². The summed E-state index contributed by atoms with van der Waals surface area (Å²) in [6.45, 7) is 2.16. The van der Waals surface area contributed by atoms with Crippen LogP contribution < -0.4 is 11.1 Å². The molecule has 0 bridgehead atoms. The average Bonchev–Trinajstić information content (AvgIpc) is 2.74. The number of carbonyl (C=O) groups excluding carboxylic acids is 1. The third kappa shape index (κ3) is 5.41. The van der Waals surface area contributed by atoms with Gasteiger partial charge in [0.2, 0.25) is 5.91 Å². The van der Waals surface area contributed by atoms with E-state index in [1.54, 1.807) is 0 Å². The zero-order valence-electron chi connectivity index (χ0n) is 13.1. The van der Waals surface area contributed by atoms with Crippen LogP contribution in [0.3, 0.4) is 0 Å². The number of nitrogen functional groups attached to an aromatic ring is 1. The monoisotopic (exact) mass is 288 g/mol. The van der Waals surface area contributed by atoms with Crippen LogP contribution in [-0.4, -0.2) is 11.9 Å². The number of aryl methyl sites for hydroxylation is 1. The van der Waals surface area contributed by atoms with Gasteiger partial charge in [0.1, 0.15) is 0 Å². The van der Waals surface area contributed by atoms with Crippen molar-refractivity contribution in [2.45, 2.75) is 64.3 Å². The van der Waals surface area contributed by atoms with Gasteiger partial charge < -0.3 is 11.1 Å². The lowest BCUT2D eigenvalue weighted by molar-refractivity contribution is -0.122. The van der Waals surface area contributed by atoms with Crippen LogP contribution in [0.25, 0.3) is 0 Å². The topological polar surface area (TPSA) is 55.1 Å². The van der Waals surface area contributed by atoms with Crippen LogP contribution >= 0.6 is 0 Å². The molecule has 1 aromatic carbocycles. The molecule has 116 valence electrons. The molecule has 21 heavy (non-hydrogen) atoms. The van der Waals surface area contributed by atoms with Crippen molar-refractivity contribution in [1.82, 2.24) is 5.32 Å². The molecule has 3 N–H and O–H groups in total. The van der Waals surface area contributed by atoms with Gasteiger partial charge in [-0.2, -0.15) is 0 Å². The second-order valence-corrected chi connectivity index (χ2v) is 6.35. The van der Waals surface area contributed by atoms with E-state index in [0.29, 0.717) is 18.4 Å². The highest BCUT2D eigenvalue weighted by Gasteiger charge is 2.20. The molecule has 3 nitrogen and oxygen atoms in total. The van der Waals surface area contributed by atoms with E-state index in [4.69, 9.17) is 5.73 Å². The zero-order chi connectivity index (χ0) is 15.1. The summed E-state index contributed by atoms with van der Waals surface area (Å²) in [7, 11) is 0. The summed E-state index contributed by atoms with van der Waals surface area (Å²) in [5.74, 6) is 0.818. The molecule has 1 saturated carbocycles. The van der Waals surface area contributed by atoms with Gasteiger partial charge in [-0.1, -0.05) is 37.8 Å². The molecule has 0 saturated heterocycles. The molecule has 2 rings (SSSR count). The zero-order valence-corrected chi connectivity index (χ0v) is 13.1. The molecule has 1 amide bonds. The number of hydrogen-bond donors (Lipinski definition) is 2. The molecule has 0 aromatic heterocycles. The normalized spacial score (nSPS) is 18.0. The highest BCUT2D eigenvalue weighted by molar-refractivity contribution is 5.76. The first kappa shape index (κ1) is 15.9. The van der Waals surface area contributed by atoms with Crippen molar-refractivity contribution in [3.63, 3.8) is 0 Å². The Balaban J connectivity index is 1.75. The second-order valence-electron chi connectivity index (χ2n) is 6.35. The molecule has 0 radical (unpaired) electrons. The van der Waals surface area contributed by atoms with E-state index < -0.39 is 0 Å². The van der Waals surface area contributed by atoms with Crippen molar-refractivity contribution >= 4 is 11.6 Å². The molecule has 0 spiro atoms. The number of carbonyl (C=O) groups is 1. The lowest BCUT2D eigenvalue weighted by Gasteiger charge is -2.23. The largest absolute Gasteiger partial charge is 0.399 e. The second kappa shape index (κ2) is 8.06. The van der Waals surface area contributed by atoms with Crippen molar-refractivity contribution in [1.29, 1.82) is 0 Å². The smallest absolute Gasteiger partial charge is 0.220 e. The predicted octanol–water partition coefficient (Wildman–Crippen LogP) is 3.68. The van der Waals surface area contributed by atoms with E-state index in [2.05, 4.69) is 12.2 Å². The van der Waals surface area contributed by atoms with Crippen LogP contribution in [0.5, 0.6) is 0 Å². The first-order valence-electron chi connectivity index (χ1n) is 8.29. The number of nitrogens with two attached hydrogens (primary N) is 1. The Labute approximate surface area is 128 Å². The Morgan fingerprint density at radius 1 is 1.29 bits per heavy atom. The van der Waals surface area contributed by atoms with Gasteiger partial charge in [-0.3, -0.25) is 4.79 Å². The summed E-state index contributed by atoms with van der Waals surface area (Å²) in [6.07, 6.45) is 9.16. The lowest BCUT2D eigenvalue weighted by Crippen LogP contribution is -2.38. The predicted molar refractivity (Wildman–Crippen MR) is 88.0 cm³/mol. The third-order valence-corrected chi connectivity index (χ3v) is 4.59. The maximum atomic E-state index is 12.1. The van der Waals surface area contributed by atoms with Gasteiger partial charge in [-0.15, -0.1) is 0 Å². The standard InChI is InChI=1S/C18H28N2O/c1-14(16-8-4-2-3-5-9-16)20-18(21)12-11-15-7-6-10-17(19)13-15/h6-7,10,13-14,16H,2-5,8-9,11-12,19H2,1H3,(H,20,21)/t14-/m0/s1. The molecule has 0 aliphatic heterocycles. The van der Waals surface area contributed by atoms with E-state index in [1.807, 2.05) is 24.3 Å². The fourth-order valence-corrected chi connectivity index (χ4v) is 3.26. The number of nitrogens with one attached hydrogen (secondary N) is 1. The average molecular weight is 288 g/mol. The van der Waals surface area contributed by atoms with Crippen LogP contribution in [0.15, 0.2) is 24.3 Å². The summed E-state index contributed by atoms with van der Waals surface area (Å²) in [5.41, 5.74) is 7.65. The van der Waals surface area contributed by atoms with E-state index in [0.717, 1.165) is 17.7 Å². The Morgan fingerprint density at radius 3 is 2.67 bits per heavy atom. The number of hydrogen-bond acceptors (Lipinski definition) is 2. The Hall–Kier alpha value is -1.51. The highest BCUT2D eigenvalue weighted by atomic mass is 16.1. The van der Waals surface area contributed by atoms with Crippen LogP contribution in [0.4, 0.5) is 5.69 Å². The third-order valence-electron chi connectivity index (χ3n) is 4.59. The van der Waals surface area contributed by atoms with Crippen LogP contribution in [-0.2, 0) is 11.2 Å². The molecule has 1 aliphatic carbocycles. The minimum absolute atomic E-state index is 0.161. The quantitative estimate of drug-likeness (QED) is 0.641. The van der Waals surface area contributed by atoms with Gasteiger partial charge in [0.25, 0.3) is 0 Å². The first-order chi connectivity index (χ1) is 10.1. The number of rotatable bonds is 5. The molecule has 1 aliphatic rings. The summed E-state index contributed by atoms with van der Waals surface area (Å²) in [6, 6.07) is 8.09. The van der Waals surface area contributed by atoms with Crippen LogP contribution in [0.1, 0.15) is 57.4 Å². The summed E-state index contributed by atoms with van der Waals surface area (Å²) < 4.78 is 0. The van der Waals surface area contributed by atoms with E-state index >= 15 is 0 Å². The molecular formula is C18H28N2O.